The third-order valence-electron chi connectivity index (χ3n) is 2.91. The molecule has 0 aliphatic rings. The summed E-state index contributed by atoms with van der Waals surface area (Å²) in [5.41, 5.74) is 2.49. The highest BCUT2D eigenvalue weighted by Crippen LogP contribution is 2.41. The third kappa shape index (κ3) is 1.80. The van der Waals surface area contributed by atoms with Crippen LogP contribution in [0.5, 0.6) is 17.2 Å². The molecule has 0 radical (unpaired) electrons. The summed E-state index contributed by atoms with van der Waals surface area (Å²) in [4.78, 5) is 0. The van der Waals surface area contributed by atoms with Crippen molar-refractivity contribution >= 4 is 0 Å². The van der Waals surface area contributed by atoms with Crippen molar-refractivity contribution in [2.24, 2.45) is 0 Å². The van der Waals surface area contributed by atoms with Crippen molar-refractivity contribution in [3.05, 3.63) is 41.5 Å². The van der Waals surface area contributed by atoms with Crippen LogP contribution in [-0.4, -0.2) is 15.3 Å². The first kappa shape index (κ1) is 11.3. The first-order valence-electron chi connectivity index (χ1n) is 5.33. The lowest BCUT2D eigenvalue weighted by Gasteiger charge is -2.12. The second-order valence-corrected chi connectivity index (χ2v) is 4.08. The van der Waals surface area contributed by atoms with E-state index < -0.39 is 0 Å². The Morgan fingerprint density at radius 2 is 1.47 bits per heavy atom. The predicted molar refractivity (Wildman–Crippen MR) is 66.3 cm³/mol. The van der Waals surface area contributed by atoms with E-state index in [-0.39, 0.29) is 17.2 Å². The number of aromatic hydroxyl groups is 3. The van der Waals surface area contributed by atoms with Crippen molar-refractivity contribution in [3.63, 3.8) is 0 Å². The van der Waals surface area contributed by atoms with Gasteiger partial charge in [0.25, 0.3) is 0 Å². The van der Waals surface area contributed by atoms with E-state index in [1.165, 1.54) is 0 Å². The Bertz CT molecular complexity index is 574. The second kappa shape index (κ2) is 4.01. The van der Waals surface area contributed by atoms with Gasteiger partial charge >= 0.3 is 0 Å². The van der Waals surface area contributed by atoms with Gasteiger partial charge in [-0.1, -0.05) is 18.2 Å². The van der Waals surface area contributed by atoms with Gasteiger partial charge in [0, 0.05) is 11.1 Å². The third-order valence-corrected chi connectivity index (χ3v) is 2.91. The number of para-hydroxylation sites is 1. The topological polar surface area (TPSA) is 60.7 Å². The summed E-state index contributed by atoms with van der Waals surface area (Å²) in [5, 5.41) is 29.2. The molecular formula is C14H14O3. The molecule has 3 nitrogen and oxygen atoms in total. The van der Waals surface area contributed by atoms with Gasteiger partial charge in [-0.2, -0.15) is 0 Å². The fourth-order valence-corrected chi connectivity index (χ4v) is 1.87. The number of rotatable bonds is 1. The summed E-state index contributed by atoms with van der Waals surface area (Å²) in [6, 6.07) is 8.66. The minimum absolute atomic E-state index is 0.110. The van der Waals surface area contributed by atoms with Gasteiger partial charge in [0.15, 0.2) is 11.5 Å². The quantitative estimate of drug-likeness (QED) is 0.660. The van der Waals surface area contributed by atoms with Crippen LogP contribution in [0.4, 0.5) is 0 Å². The zero-order valence-corrected chi connectivity index (χ0v) is 9.73. The maximum atomic E-state index is 9.80. The maximum absolute atomic E-state index is 9.80. The zero-order valence-electron chi connectivity index (χ0n) is 9.73. The van der Waals surface area contributed by atoms with Crippen LogP contribution in [0, 0.1) is 13.8 Å². The van der Waals surface area contributed by atoms with Crippen molar-refractivity contribution in [3.8, 4) is 28.4 Å². The van der Waals surface area contributed by atoms with E-state index in [2.05, 4.69) is 0 Å². The van der Waals surface area contributed by atoms with Gasteiger partial charge in [0.05, 0.1) is 0 Å². The van der Waals surface area contributed by atoms with Crippen LogP contribution < -0.4 is 0 Å². The van der Waals surface area contributed by atoms with Crippen LogP contribution in [-0.2, 0) is 0 Å². The highest BCUT2D eigenvalue weighted by Gasteiger charge is 2.14. The summed E-state index contributed by atoms with van der Waals surface area (Å²) < 4.78 is 0. The molecule has 0 atom stereocenters. The Balaban J connectivity index is 2.73. The standard InChI is InChI=1S/C14H14O3/c1-8-7-11(9(2)14(17)13(8)16)10-5-3-4-6-12(10)15/h3-7,15-17H,1-2H3. The lowest BCUT2D eigenvalue weighted by Crippen LogP contribution is -1.88. The SMILES string of the molecule is Cc1cc(-c2ccccc2O)c(C)c(O)c1O. The van der Waals surface area contributed by atoms with Crippen molar-refractivity contribution in [2.45, 2.75) is 13.8 Å². The molecule has 3 N–H and O–H groups in total. The number of benzene rings is 2. The summed E-state index contributed by atoms with van der Waals surface area (Å²) in [5.74, 6) is -0.0926. The molecule has 0 spiro atoms. The van der Waals surface area contributed by atoms with Gasteiger partial charge in [0.2, 0.25) is 0 Å². The van der Waals surface area contributed by atoms with Crippen molar-refractivity contribution in [2.75, 3.05) is 0 Å². The summed E-state index contributed by atoms with van der Waals surface area (Å²) >= 11 is 0. The molecule has 0 saturated heterocycles. The van der Waals surface area contributed by atoms with Crippen molar-refractivity contribution < 1.29 is 15.3 Å². The van der Waals surface area contributed by atoms with Gasteiger partial charge in [-0.25, -0.2) is 0 Å². The van der Waals surface area contributed by atoms with E-state index in [0.29, 0.717) is 16.7 Å². The van der Waals surface area contributed by atoms with Crippen LogP contribution in [0.25, 0.3) is 11.1 Å². The molecule has 2 aromatic rings. The number of aryl methyl sites for hydroxylation is 1. The van der Waals surface area contributed by atoms with E-state index in [4.69, 9.17) is 0 Å². The highest BCUT2D eigenvalue weighted by atomic mass is 16.3. The molecule has 0 bridgehead atoms. The van der Waals surface area contributed by atoms with Gasteiger partial charge in [0.1, 0.15) is 5.75 Å². The Labute approximate surface area is 99.6 Å². The number of hydrogen-bond acceptors (Lipinski definition) is 3. The van der Waals surface area contributed by atoms with Gasteiger partial charge in [-0.3, -0.25) is 0 Å². The highest BCUT2D eigenvalue weighted by molar-refractivity contribution is 5.77. The molecule has 0 amide bonds. The van der Waals surface area contributed by atoms with E-state index in [1.807, 2.05) is 6.07 Å². The molecule has 0 fully saturated rings. The monoisotopic (exact) mass is 230 g/mol. The fourth-order valence-electron chi connectivity index (χ4n) is 1.87. The van der Waals surface area contributed by atoms with Crippen molar-refractivity contribution in [1.82, 2.24) is 0 Å². The Hall–Kier alpha value is -2.16. The van der Waals surface area contributed by atoms with Crippen LogP contribution >= 0.6 is 0 Å². The molecular weight excluding hydrogens is 216 g/mol. The molecule has 2 aromatic carbocycles. The largest absolute Gasteiger partial charge is 0.507 e. The van der Waals surface area contributed by atoms with E-state index in [0.717, 1.165) is 5.56 Å². The first-order valence-corrected chi connectivity index (χ1v) is 5.33. The lowest BCUT2D eigenvalue weighted by molar-refractivity contribution is 0.398. The molecule has 0 aliphatic carbocycles. The first-order chi connectivity index (χ1) is 8.02. The Morgan fingerprint density at radius 1 is 0.824 bits per heavy atom. The van der Waals surface area contributed by atoms with Crippen LogP contribution in [0.15, 0.2) is 30.3 Å². The molecule has 17 heavy (non-hydrogen) atoms. The summed E-state index contributed by atoms with van der Waals surface area (Å²) in [6.45, 7) is 3.41. The average molecular weight is 230 g/mol. The van der Waals surface area contributed by atoms with Crippen LogP contribution in [0.2, 0.25) is 0 Å². The molecule has 2 rings (SSSR count). The van der Waals surface area contributed by atoms with E-state index in [1.54, 1.807) is 38.1 Å². The lowest BCUT2D eigenvalue weighted by atomic mass is 9.96. The maximum Gasteiger partial charge on any atom is 0.161 e. The van der Waals surface area contributed by atoms with E-state index in [9.17, 15) is 15.3 Å². The van der Waals surface area contributed by atoms with Crippen LogP contribution in [0.1, 0.15) is 11.1 Å². The Kier molecular flexibility index (Phi) is 2.68. The molecule has 0 heterocycles. The van der Waals surface area contributed by atoms with E-state index >= 15 is 0 Å². The normalized spacial score (nSPS) is 10.5. The minimum Gasteiger partial charge on any atom is -0.507 e. The smallest absolute Gasteiger partial charge is 0.161 e. The number of phenols is 3. The Morgan fingerprint density at radius 3 is 2.12 bits per heavy atom. The molecule has 0 aliphatic heterocycles. The molecule has 0 unspecified atom stereocenters. The number of phenolic OH excluding ortho intramolecular Hbond substituents is 3. The molecule has 0 aromatic heterocycles. The van der Waals surface area contributed by atoms with Gasteiger partial charge in [-0.15, -0.1) is 0 Å². The molecule has 88 valence electrons. The van der Waals surface area contributed by atoms with Gasteiger partial charge in [-0.05, 0) is 37.1 Å². The molecule has 0 saturated carbocycles. The predicted octanol–water partition coefficient (Wildman–Crippen LogP) is 3.09. The van der Waals surface area contributed by atoms with Crippen LogP contribution in [0.3, 0.4) is 0 Å². The average Bonchev–Trinajstić information content (AvgIpc) is 2.32. The van der Waals surface area contributed by atoms with Crippen molar-refractivity contribution in [1.29, 1.82) is 0 Å². The second-order valence-electron chi connectivity index (χ2n) is 4.08. The van der Waals surface area contributed by atoms with Gasteiger partial charge < -0.3 is 15.3 Å². The summed E-state index contributed by atoms with van der Waals surface area (Å²) in [6.07, 6.45) is 0. The summed E-state index contributed by atoms with van der Waals surface area (Å²) in [7, 11) is 0. The zero-order chi connectivity index (χ0) is 12.6. The number of hydrogen-bond donors (Lipinski definition) is 3. The molecule has 3 heteroatoms. The fraction of sp³-hybridized carbons (Fsp3) is 0.143. The minimum atomic E-state index is -0.136.